The van der Waals surface area contributed by atoms with Crippen molar-refractivity contribution in [3.63, 3.8) is 0 Å². The minimum atomic E-state index is 0.420. The molecule has 0 saturated heterocycles. The van der Waals surface area contributed by atoms with Crippen molar-refractivity contribution in [2.75, 3.05) is 5.32 Å². The molecule has 3 aromatic heterocycles. The minimum Gasteiger partial charge on any atom is -0.452 e. The van der Waals surface area contributed by atoms with E-state index in [-0.39, 0.29) is 0 Å². The van der Waals surface area contributed by atoms with Gasteiger partial charge in [0.15, 0.2) is 17.2 Å². The second kappa shape index (κ2) is 14.3. The first kappa shape index (κ1) is 32.9. The second-order valence-corrected chi connectivity index (χ2v) is 13.6. The molecule has 0 aliphatic carbocycles. The summed E-state index contributed by atoms with van der Waals surface area (Å²) in [5.74, 6) is 0.856. The van der Waals surface area contributed by atoms with Crippen LogP contribution >= 0.6 is 0 Å². The highest BCUT2D eigenvalue weighted by Gasteiger charge is 2.21. The number of hydrogen-bond donors (Lipinski definition) is 1. The number of nitrogens with one attached hydrogen (secondary N) is 1. The molecule has 0 spiro atoms. The maximum atomic E-state index is 6.60. The Labute approximate surface area is 323 Å². The third-order valence-electron chi connectivity index (χ3n) is 9.91. The molecule has 7 aromatic carbocycles. The lowest BCUT2D eigenvalue weighted by Gasteiger charge is -2.13. The van der Waals surface area contributed by atoms with Crippen LogP contribution in [0.4, 0.5) is 11.4 Å². The van der Waals surface area contributed by atoms with Crippen LogP contribution < -0.4 is 5.32 Å². The topological polar surface area (TPSA) is 76.7 Å². The maximum Gasteiger partial charge on any atom is 0.199 e. The fourth-order valence-electron chi connectivity index (χ4n) is 7.16. The van der Waals surface area contributed by atoms with Gasteiger partial charge in [0.25, 0.3) is 0 Å². The first-order valence-electron chi connectivity index (χ1n) is 18.6. The molecule has 10 rings (SSSR count). The molecule has 3 heterocycles. The summed E-state index contributed by atoms with van der Waals surface area (Å²) in [6.07, 6.45) is 0. The predicted molar refractivity (Wildman–Crippen MR) is 227 cm³/mol. The van der Waals surface area contributed by atoms with Gasteiger partial charge < -0.3 is 9.73 Å². The van der Waals surface area contributed by atoms with Gasteiger partial charge in [0, 0.05) is 39.0 Å². The van der Waals surface area contributed by atoms with Crippen LogP contribution in [0.1, 0.15) is 0 Å². The van der Waals surface area contributed by atoms with Crippen molar-refractivity contribution in [1.29, 1.82) is 0 Å². The van der Waals surface area contributed by atoms with E-state index in [0.29, 0.717) is 28.4 Å². The van der Waals surface area contributed by atoms with Crippen LogP contribution in [0.2, 0.25) is 0 Å². The van der Waals surface area contributed by atoms with Crippen molar-refractivity contribution in [3.8, 4) is 67.7 Å². The number of hydrogen-bond acceptors (Lipinski definition) is 6. The molecule has 0 atom stereocenters. The molecule has 0 fully saturated rings. The van der Waals surface area contributed by atoms with Gasteiger partial charge in [-0.1, -0.05) is 152 Å². The molecule has 6 nitrogen and oxygen atoms in total. The summed E-state index contributed by atoms with van der Waals surface area (Å²) in [4.78, 5) is 20.5. The van der Waals surface area contributed by atoms with Gasteiger partial charge in [-0.05, 0) is 59.2 Å². The Bertz CT molecular complexity index is 2930. The normalized spacial score (nSPS) is 11.2. The highest BCUT2D eigenvalue weighted by atomic mass is 16.3. The standard InChI is InChI=1S/C50H33N5O/c1-5-16-33(17-6-1)43-32-44(34-18-7-2-8-19-34)53-49(52-43)50-54-46(35-20-9-3-10-21-35)48-47(55-50)41-31-37(28-29-45(41)56-48)36-22-15-23-38(30-36)40-26-13-14-27-42(40)51-39-24-11-4-12-25-39/h1-32,51H. The summed E-state index contributed by atoms with van der Waals surface area (Å²) in [5.41, 5.74) is 13.6. The largest absolute Gasteiger partial charge is 0.452 e. The summed E-state index contributed by atoms with van der Waals surface area (Å²) in [7, 11) is 0. The molecule has 0 saturated carbocycles. The summed E-state index contributed by atoms with van der Waals surface area (Å²) < 4.78 is 6.60. The Morgan fingerprint density at radius 1 is 0.393 bits per heavy atom. The summed E-state index contributed by atoms with van der Waals surface area (Å²) in [6, 6.07) is 66.0. The van der Waals surface area contributed by atoms with E-state index in [4.69, 9.17) is 24.4 Å². The molecular weight excluding hydrogens is 687 g/mol. The van der Waals surface area contributed by atoms with Gasteiger partial charge in [-0.15, -0.1) is 0 Å². The average Bonchev–Trinajstić information content (AvgIpc) is 3.65. The number of furan rings is 1. The lowest BCUT2D eigenvalue weighted by molar-refractivity contribution is 0.667. The van der Waals surface area contributed by atoms with Crippen LogP contribution in [0.3, 0.4) is 0 Å². The van der Waals surface area contributed by atoms with Crippen LogP contribution in [-0.4, -0.2) is 19.9 Å². The lowest BCUT2D eigenvalue weighted by Crippen LogP contribution is -2.01. The number of nitrogens with zero attached hydrogens (tertiary/aromatic N) is 4. The van der Waals surface area contributed by atoms with Crippen molar-refractivity contribution in [2.45, 2.75) is 0 Å². The summed E-state index contributed by atoms with van der Waals surface area (Å²) in [5, 5.41) is 4.48. The molecule has 0 unspecified atom stereocenters. The van der Waals surface area contributed by atoms with E-state index >= 15 is 0 Å². The quantitative estimate of drug-likeness (QED) is 0.168. The Balaban J connectivity index is 1.13. The number of para-hydroxylation sites is 2. The smallest absolute Gasteiger partial charge is 0.199 e. The van der Waals surface area contributed by atoms with Crippen molar-refractivity contribution < 1.29 is 4.42 Å². The molecule has 264 valence electrons. The van der Waals surface area contributed by atoms with Crippen molar-refractivity contribution in [3.05, 3.63) is 194 Å². The first-order chi connectivity index (χ1) is 27.7. The maximum absolute atomic E-state index is 6.60. The van der Waals surface area contributed by atoms with Gasteiger partial charge in [-0.3, -0.25) is 0 Å². The number of anilines is 2. The first-order valence-corrected chi connectivity index (χ1v) is 18.6. The van der Waals surface area contributed by atoms with Gasteiger partial charge in [0.2, 0.25) is 0 Å². The van der Waals surface area contributed by atoms with E-state index < -0.39 is 0 Å². The number of benzene rings is 7. The van der Waals surface area contributed by atoms with Crippen LogP contribution in [0.5, 0.6) is 0 Å². The molecule has 0 aliphatic heterocycles. The van der Waals surface area contributed by atoms with Gasteiger partial charge in [0.1, 0.15) is 16.8 Å². The summed E-state index contributed by atoms with van der Waals surface area (Å²) in [6.45, 7) is 0. The molecular formula is C50H33N5O. The third kappa shape index (κ3) is 6.35. The van der Waals surface area contributed by atoms with E-state index in [0.717, 1.165) is 72.7 Å². The number of fused-ring (bicyclic) bond motifs is 3. The Morgan fingerprint density at radius 3 is 1.64 bits per heavy atom. The van der Waals surface area contributed by atoms with Crippen LogP contribution in [0.25, 0.3) is 89.7 Å². The van der Waals surface area contributed by atoms with E-state index in [2.05, 4.69) is 102 Å². The molecule has 1 N–H and O–H groups in total. The Kier molecular flexibility index (Phi) is 8.39. The molecule has 6 heteroatoms. The van der Waals surface area contributed by atoms with Crippen molar-refractivity contribution >= 4 is 33.4 Å². The van der Waals surface area contributed by atoms with Crippen LogP contribution in [-0.2, 0) is 0 Å². The lowest BCUT2D eigenvalue weighted by atomic mass is 9.97. The van der Waals surface area contributed by atoms with Gasteiger partial charge in [0.05, 0.1) is 11.4 Å². The molecule has 0 amide bonds. The van der Waals surface area contributed by atoms with Gasteiger partial charge in [-0.25, -0.2) is 19.9 Å². The predicted octanol–water partition coefficient (Wildman–Crippen LogP) is 12.9. The second-order valence-electron chi connectivity index (χ2n) is 13.6. The van der Waals surface area contributed by atoms with Gasteiger partial charge >= 0.3 is 0 Å². The fraction of sp³-hybridized carbons (Fsp3) is 0. The highest BCUT2D eigenvalue weighted by Crippen LogP contribution is 2.39. The SMILES string of the molecule is c1ccc(Nc2ccccc2-c2cccc(-c3ccc4oc5c(-c6ccccc6)nc(-c6nc(-c7ccccc7)cc(-c7ccccc7)n6)nc5c4c3)c2)cc1. The van der Waals surface area contributed by atoms with Crippen LogP contribution in [0, 0.1) is 0 Å². The van der Waals surface area contributed by atoms with Crippen molar-refractivity contribution in [2.24, 2.45) is 0 Å². The Hall–Kier alpha value is -7.70. The zero-order chi connectivity index (χ0) is 37.3. The van der Waals surface area contributed by atoms with E-state index in [1.165, 1.54) is 0 Å². The fourth-order valence-corrected chi connectivity index (χ4v) is 7.16. The third-order valence-corrected chi connectivity index (χ3v) is 9.91. The summed E-state index contributed by atoms with van der Waals surface area (Å²) >= 11 is 0. The van der Waals surface area contributed by atoms with E-state index in [1.54, 1.807) is 0 Å². The molecule has 0 bridgehead atoms. The number of rotatable bonds is 8. The molecule has 0 aliphatic rings. The highest BCUT2D eigenvalue weighted by molar-refractivity contribution is 6.08. The molecule has 56 heavy (non-hydrogen) atoms. The minimum absolute atomic E-state index is 0.420. The molecule has 10 aromatic rings. The zero-order valence-electron chi connectivity index (χ0n) is 30.2. The zero-order valence-corrected chi connectivity index (χ0v) is 30.2. The Morgan fingerprint density at radius 2 is 0.946 bits per heavy atom. The van der Waals surface area contributed by atoms with Crippen LogP contribution in [0.15, 0.2) is 199 Å². The monoisotopic (exact) mass is 719 g/mol. The van der Waals surface area contributed by atoms with Gasteiger partial charge in [-0.2, -0.15) is 0 Å². The van der Waals surface area contributed by atoms with E-state index in [1.807, 2.05) is 97.1 Å². The molecule has 0 radical (unpaired) electrons. The van der Waals surface area contributed by atoms with E-state index in [9.17, 15) is 0 Å². The van der Waals surface area contributed by atoms with Crippen molar-refractivity contribution in [1.82, 2.24) is 19.9 Å². The average molecular weight is 720 g/mol. The number of aromatic nitrogens is 4.